The molecule has 1 aliphatic heterocycles. The van der Waals surface area contributed by atoms with Crippen LogP contribution in [0.25, 0.3) is 0 Å². The number of carbonyl (C=O) groups is 1. The first-order chi connectivity index (χ1) is 11.3. The van der Waals surface area contributed by atoms with Gasteiger partial charge in [0.1, 0.15) is 6.33 Å². The van der Waals surface area contributed by atoms with Crippen LogP contribution in [0.1, 0.15) is 37.7 Å². The fraction of sp³-hybridized carbons (Fsp3) is 0.471. The van der Waals surface area contributed by atoms with Gasteiger partial charge in [0.05, 0.1) is 6.54 Å². The maximum atomic E-state index is 12.3. The molecule has 0 aliphatic carbocycles. The van der Waals surface area contributed by atoms with Gasteiger partial charge in [0.15, 0.2) is 0 Å². The van der Waals surface area contributed by atoms with Gasteiger partial charge >= 0.3 is 6.03 Å². The van der Waals surface area contributed by atoms with Gasteiger partial charge in [-0.1, -0.05) is 49.6 Å². The number of carbonyl (C=O) groups excluding carboxylic acids is 1. The molecule has 2 amide bonds. The maximum Gasteiger partial charge on any atom is 0.324 e. The summed E-state index contributed by atoms with van der Waals surface area (Å²) >= 11 is 0. The number of urea groups is 1. The van der Waals surface area contributed by atoms with Gasteiger partial charge in [-0.15, -0.1) is 5.10 Å². The lowest BCUT2D eigenvalue weighted by Gasteiger charge is -2.24. The molecule has 0 radical (unpaired) electrons. The van der Waals surface area contributed by atoms with Crippen molar-refractivity contribution in [2.24, 2.45) is 0 Å². The average Bonchev–Trinajstić information content (AvgIpc) is 2.95. The molecule has 122 valence electrons. The van der Waals surface area contributed by atoms with Crippen LogP contribution in [-0.2, 0) is 6.54 Å². The zero-order valence-electron chi connectivity index (χ0n) is 13.3. The van der Waals surface area contributed by atoms with Gasteiger partial charge in [0.2, 0.25) is 5.95 Å². The van der Waals surface area contributed by atoms with Crippen molar-refractivity contribution in [3.63, 3.8) is 0 Å². The molecule has 23 heavy (non-hydrogen) atoms. The van der Waals surface area contributed by atoms with Crippen LogP contribution >= 0.6 is 0 Å². The number of aromatic nitrogens is 3. The first-order valence-electron chi connectivity index (χ1n) is 8.30. The van der Waals surface area contributed by atoms with Crippen LogP contribution in [0.4, 0.5) is 10.7 Å². The van der Waals surface area contributed by atoms with E-state index < -0.39 is 0 Å². The lowest BCUT2D eigenvalue weighted by molar-refractivity contribution is 0.205. The number of nitrogens with one attached hydrogen (secondary N) is 1. The number of hydrogen-bond donors (Lipinski definition) is 1. The molecular formula is C17H23N5O. The summed E-state index contributed by atoms with van der Waals surface area (Å²) in [7, 11) is 0. The number of amides is 2. The summed E-state index contributed by atoms with van der Waals surface area (Å²) in [6.45, 7) is 2.28. The molecule has 0 bridgehead atoms. The molecule has 2 heterocycles. The Labute approximate surface area is 136 Å². The normalized spacial score (nSPS) is 15.7. The second-order valence-corrected chi connectivity index (χ2v) is 5.94. The lowest BCUT2D eigenvalue weighted by atomic mass is 10.1. The van der Waals surface area contributed by atoms with E-state index in [4.69, 9.17) is 0 Å². The molecule has 0 spiro atoms. The molecule has 2 aromatic rings. The molecule has 1 aromatic carbocycles. The molecule has 3 rings (SSSR count). The first kappa shape index (κ1) is 15.5. The molecule has 6 nitrogen and oxygen atoms in total. The quantitative estimate of drug-likeness (QED) is 0.947. The number of hydrogen-bond acceptors (Lipinski definition) is 3. The molecule has 1 fully saturated rings. The average molecular weight is 313 g/mol. The third kappa shape index (κ3) is 4.55. The number of anilines is 1. The molecule has 0 atom stereocenters. The molecule has 6 heteroatoms. The minimum Gasteiger partial charge on any atom is -0.324 e. The summed E-state index contributed by atoms with van der Waals surface area (Å²) in [6.07, 6.45) is 7.48. The van der Waals surface area contributed by atoms with E-state index in [1.54, 1.807) is 11.0 Å². The van der Waals surface area contributed by atoms with E-state index in [1.807, 2.05) is 35.2 Å². The van der Waals surface area contributed by atoms with Crippen molar-refractivity contribution in [2.75, 3.05) is 18.4 Å². The highest BCUT2D eigenvalue weighted by atomic mass is 16.2. The lowest BCUT2D eigenvalue weighted by Crippen LogP contribution is -2.37. The Morgan fingerprint density at radius 2 is 1.74 bits per heavy atom. The molecule has 1 saturated heterocycles. The molecule has 0 unspecified atom stereocenters. The maximum absolute atomic E-state index is 12.3. The van der Waals surface area contributed by atoms with Crippen molar-refractivity contribution >= 4 is 12.0 Å². The summed E-state index contributed by atoms with van der Waals surface area (Å²) in [5.74, 6) is 0.369. The zero-order chi connectivity index (χ0) is 15.9. The van der Waals surface area contributed by atoms with Gasteiger partial charge in [0.25, 0.3) is 0 Å². The van der Waals surface area contributed by atoms with Crippen LogP contribution < -0.4 is 5.32 Å². The van der Waals surface area contributed by atoms with Crippen molar-refractivity contribution in [1.29, 1.82) is 0 Å². The van der Waals surface area contributed by atoms with Gasteiger partial charge < -0.3 is 4.90 Å². The van der Waals surface area contributed by atoms with Crippen LogP contribution in [0, 0.1) is 0 Å². The highest BCUT2D eigenvalue weighted by Gasteiger charge is 2.16. The Bertz CT molecular complexity index is 617. The monoisotopic (exact) mass is 313 g/mol. The predicted molar refractivity (Wildman–Crippen MR) is 89.2 cm³/mol. The van der Waals surface area contributed by atoms with Crippen LogP contribution in [0.15, 0.2) is 36.7 Å². The summed E-state index contributed by atoms with van der Waals surface area (Å²) in [5, 5.41) is 7.14. The number of benzene rings is 1. The van der Waals surface area contributed by atoms with E-state index in [-0.39, 0.29) is 6.03 Å². The Morgan fingerprint density at radius 1 is 1.04 bits per heavy atom. The highest BCUT2D eigenvalue weighted by Crippen LogP contribution is 2.11. The van der Waals surface area contributed by atoms with Crippen LogP contribution in [0.5, 0.6) is 0 Å². The first-order valence-corrected chi connectivity index (χ1v) is 8.30. The summed E-state index contributed by atoms with van der Waals surface area (Å²) in [6, 6.07) is 9.97. The Balaban J connectivity index is 1.56. The van der Waals surface area contributed by atoms with Gasteiger partial charge in [-0.05, 0) is 18.4 Å². The van der Waals surface area contributed by atoms with Gasteiger partial charge in [0, 0.05) is 13.1 Å². The smallest absolute Gasteiger partial charge is 0.324 e. The van der Waals surface area contributed by atoms with E-state index in [0.717, 1.165) is 31.5 Å². The zero-order valence-corrected chi connectivity index (χ0v) is 13.3. The van der Waals surface area contributed by atoms with E-state index in [9.17, 15) is 4.79 Å². The minimum absolute atomic E-state index is 0.0932. The number of likely N-dealkylation sites (tertiary alicyclic amines) is 1. The fourth-order valence-electron chi connectivity index (χ4n) is 2.82. The van der Waals surface area contributed by atoms with Crippen molar-refractivity contribution in [1.82, 2.24) is 19.7 Å². The number of nitrogens with zero attached hydrogens (tertiary/aromatic N) is 4. The second kappa shape index (κ2) is 7.76. The van der Waals surface area contributed by atoms with E-state index >= 15 is 0 Å². The van der Waals surface area contributed by atoms with E-state index in [0.29, 0.717) is 12.5 Å². The predicted octanol–water partition coefficient (Wildman–Crippen LogP) is 3.12. The highest BCUT2D eigenvalue weighted by molar-refractivity contribution is 5.87. The summed E-state index contributed by atoms with van der Waals surface area (Å²) < 4.78 is 1.73. The third-order valence-electron chi connectivity index (χ3n) is 4.09. The summed E-state index contributed by atoms with van der Waals surface area (Å²) in [4.78, 5) is 18.4. The molecule has 1 aromatic heterocycles. The Hall–Kier alpha value is -2.37. The Morgan fingerprint density at radius 3 is 2.48 bits per heavy atom. The van der Waals surface area contributed by atoms with Crippen LogP contribution in [0.2, 0.25) is 0 Å². The van der Waals surface area contributed by atoms with Crippen molar-refractivity contribution in [2.45, 2.75) is 38.6 Å². The minimum atomic E-state index is -0.0932. The third-order valence-corrected chi connectivity index (χ3v) is 4.09. The van der Waals surface area contributed by atoms with Gasteiger partial charge in [-0.3, -0.25) is 5.32 Å². The molecular weight excluding hydrogens is 290 g/mol. The summed E-state index contributed by atoms with van der Waals surface area (Å²) in [5.41, 5.74) is 1.15. The topological polar surface area (TPSA) is 63.1 Å². The van der Waals surface area contributed by atoms with Crippen molar-refractivity contribution < 1.29 is 4.79 Å². The largest absolute Gasteiger partial charge is 0.324 e. The molecule has 0 saturated carbocycles. The number of rotatable bonds is 3. The van der Waals surface area contributed by atoms with Crippen molar-refractivity contribution in [3.8, 4) is 0 Å². The SMILES string of the molecule is O=C(Nc1ncn(Cc2ccccc2)n1)N1CCCCCCC1. The van der Waals surface area contributed by atoms with Gasteiger partial charge in [-0.25, -0.2) is 14.5 Å². The standard InChI is InChI=1S/C17H23N5O/c23-17(21-11-7-2-1-3-8-12-21)19-16-18-14-22(20-16)13-15-9-5-4-6-10-15/h4-6,9-10,14H,1-3,7-8,11-13H2,(H,19,20,23). The Kier molecular flexibility index (Phi) is 5.24. The molecule has 1 N–H and O–H groups in total. The van der Waals surface area contributed by atoms with Crippen molar-refractivity contribution in [3.05, 3.63) is 42.2 Å². The van der Waals surface area contributed by atoms with E-state index in [2.05, 4.69) is 15.4 Å². The molecule has 1 aliphatic rings. The van der Waals surface area contributed by atoms with Gasteiger partial charge in [-0.2, -0.15) is 0 Å². The fourth-order valence-corrected chi connectivity index (χ4v) is 2.82. The second-order valence-electron chi connectivity index (χ2n) is 5.94. The van der Waals surface area contributed by atoms with Crippen LogP contribution in [-0.4, -0.2) is 38.8 Å². The van der Waals surface area contributed by atoms with E-state index in [1.165, 1.54) is 19.3 Å². The van der Waals surface area contributed by atoms with Crippen LogP contribution in [0.3, 0.4) is 0 Å².